The summed E-state index contributed by atoms with van der Waals surface area (Å²) in [6.45, 7) is 0. The van der Waals surface area contributed by atoms with Gasteiger partial charge in [0.15, 0.2) is 5.17 Å². The van der Waals surface area contributed by atoms with Crippen LogP contribution in [0, 0.1) is 0 Å². The van der Waals surface area contributed by atoms with Gasteiger partial charge in [-0.1, -0.05) is 36.0 Å². The molecule has 1 aliphatic heterocycles. The van der Waals surface area contributed by atoms with Gasteiger partial charge in [0.2, 0.25) is 5.91 Å². The lowest BCUT2D eigenvalue weighted by Gasteiger charge is -2.06. The molecule has 0 aliphatic carbocycles. The van der Waals surface area contributed by atoms with Crippen LogP contribution in [0.1, 0.15) is 11.1 Å². The lowest BCUT2D eigenvalue weighted by atomic mass is 10.1. The minimum absolute atomic E-state index is 0.0858. The number of nitrogens with one attached hydrogen (secondary N) is 1. The minimum atomic E-state index is -0.243. The van der Waals surface area contributed by atoms with E-state index < -0.39 is 0 Å². The summed E-state index contributed by atoms with van der Waals surface area (Å²) in [4.78, 5) is 12.1. The number of para-hydroxylation sites is 1. The lowest BCUT2D eigenvalue weighted by Crippen LogP contribution is -2.25. The van der Waals surface area contributed by atoms with Gasteiger partial charge in [-0.05, 0) is 36.2 Å². The predicted molar refractivity (Wildman–Crippen MR) is 99.4 cm³/mol. The van der Waals surface area contributed by atoms with Crippen molar-refractivity contribution in [2.75, 3.05) is 7.11 Å². The molecule has 1 fully saturated rings. The molecule has 0 radical (unpaired) electrons. The molecule has 2 aromatic rings. The normalized spacial score (nSPS) is 18.7. The maximum Gasteiger partial charge on any atom is 0.239 e. The van der Waals surface area contributed by atoms with Crippen LogP contribution in [-0.2, 0) is 11.2 Å². The highest BCUT2D eigenvalue weighted by Crippen LogP contribution is 2.24. The van der Waals surface area contributed by atoms with Gasteiger partial charge in [-0.2, -0.15) is 5.10 Å². The van der Waals surface area contributed by atoms with Crippen molar-refractivity contribution in [2.24, 2.45) is 10.2 Å². The number of benzene rings is 2. The molecule has 1 aliphatic rings. The second-order valence-corrected chi connectivity index (χ2v) is 6.55. The molecule has 3 rings (SSSR count). The van der Waals surface area contributed by atoms with Gasteiger partial charge in [0.25, 0.3) is 0 Å². The highest BCUT2D eigenvalue weighted by molar-refractivity contribution is 8.15. The van der Waals surface area contributed by atoms with E-state index in [4.69, 9.17) is 4.74 Å². The summed E-state index contributed by atoms with van der Waals surface area (Å²) in [7, 11) is 1.62. The number of amides is 1. The molecule has 1 atom stereocenters. The monoisotopic (exact) mass is 355 g/mol. The van der Waals surface area contributed by atoms with Crippen LogP contribution in [-0.4, -0.2) is 34.8 Å². The Labute approximate surface area is 149 Å². The number of carbonyl (C=O) groups excluding carboxylic acids is 1. The van der Waals surface area contributed by atoms with Crippen molar-refractivity contribution in [3.63, 3.8) is 0 Å². The molecular weight excluding hydrogens is 338 g/mol. The van der Waals surface area contributed by atoms with Crippen molar-refractivity contribution in [1.82, 2.24) is 5.32 Å². The smallest absolute Gasteiger partial charge is 0.239 e. The number of rotatable bonds is 5. The second kappa shape index (κ2) is 7.85. The molecule has 0 bridgehead atoms. The van der Waals surface area contributed by atoms with Gasteiger partial charge >= 0.3 is 0 Å². The van der Waals surface area contributed by atoms with E-state index in [9.17, 15) is 9.90 Å². The summed E-state index contributed by atoms with van der Waals surface area (Å²) in [5.74, 6) is 0.831. The number of carbonyl (C=O) groups is 1. The van der Waals surface area contributed by atoms with E-state index >= 15 is 0 Å². The van der Waals surface area contributed by atoms with Crippen molar-refractivity contribution in [3.05, 3.63) is 59.7 Å². The third-order valence-electron chi connectivity index (χ3n) is 3.64. The Hall–Kier alpha value is -2.80. The Morgan fingerprint density at radius 2 is 2.00 bits per heavy atom. The van der Waals surface area contributed by atoms with Gasteiger partial charge in [-0.15, -0.1) is 5.10 Å². The zero-order valence-corrected chi connectivity index (χ0v) is 14.4. The third kappa shape index (κ3) is 4.39. The number of hydrogen-bond donors (Lipinski definition) is 2. The minimum Gasteiger partial charge on any atom is -0.507 e. The van der Waals surface area contributed by atoms with Crippen LogP contribution in [0.4, 0.5) is 0 Å². The summed E-state index contributed by atoms with van der Waals surface area (Å²) < 4.78 is 5.13. The SMILES string of the molecule is COc1ccc(C[C@@H]2SC(=N/N=C\c3ccccc3O)NC2=O)cc1. The molecule has 1 amide bonds. The third-order valence-corrected chi connectivity index (χ3v) is 4.71. The Morgan fingerprint density at radius 3 is 2.72 bits per heavy atom. The molecule has 0 unspecified atom stereocenters. The molecule has 0 saturated carbocycles. The molecule has 2 N–H and O–H groups in total. The molecule has 6 nitrogen and oxygen atoms in total. The quantitative estimate of drug-likeness (QED) is 0.638. The van der Waals surface area contributed by atoms with E-state index in [1.807, 2.05) is 24.3 Å². The van der Waals surface area contributed by atoms with Crippen molar-refractivity contribution >= 4 is 29.1 Å². The maximum atomic E-state index is 12.1. The van der Waals surface area contributed by atoms with Gasteiger partial charge in [0.1, 0.15) is 11.5 Å². The number of aromatic hydroxyl groups is 1. The summed E-state index contributed by atoms with van der Waals surface area (Å²) in [6, 6.07) is 14.5. The molecule has 1 heterocycles. The molecular formula is C18H17N3O3S. The van der Waals surface area contributed by atoms with E-state index in [-0.39, 0.29) is 16.9 Å². The molecule has 7 heteroatoms. The molecule has 128 valence electrons. The van der Waals surface area contributed by atoms with Crippen LogP contribution in [0.5, 0.6) is 11.5 Å². The van der Waals surface area contributed by atoms with E-state index in [2.05, 4.69) is 15.5 Å². The van der Waals surface area contributed by atoms with Crippen molar-refractivity contribution in [1.29, 1.82) is 0 Å². The van der Waals surface area contributed by atoms with Crippen molar-refractivity contribution in [3.8, 4) is 11.5 Å². The largest absolute Gasteiger partial charge is 0.507 e. The van der Waals surface area contributed by atoms with Crippen LogP contribution in [0.25, 0.3) is 0 Å². The molecule has 25 heavy (non-hydrogen) atoms. The van der Waals surface area contributed by atoms with Crippen LogP contribution >= 0.6 is 11.8 Å². The van der Waals surface area contributed by atoms with Crippen LogP contribution in [0.2, 0.25) is 0 Å². The number of phenols is 1. The first-order valence-corrected chi connectivity index (χ1v) is 8.53. The van der Waals surface area contributed by atoms with E-state index in [1.54, 1.807) is 31.4 Å². The van der Waals surface area contributed by atoms with Gasteiger partial charge in [-0.25, -0.2) is 0 Å². The van der Waals surface area contributed by atoms with Crippen LogP contribution < -0.4 is 10.1 Å². The van der Waals surface area contributed by atoms with Gasteiger partial charge < -0.3 is 15.2 Å². The zero-order valence-electron chi connectivity index (χ0n) is 13.5. The Kier molecular flexibility index (Phi) is 5.35. The van der Waals surface area contributed by atoms with Gasteiger partial charge in [-0.3, -0.25) is 4.79 Å². The fourth-order valence-corrected chi connectivity index (χ4v) is 3.27. The summed E-state index contributed by atoms with van der Waals surface area (Å²) in [5.41, 5.74) is 1.61. The number of nitrogens with zero attached hydrogens (tertiary/aromatic N) is 2. The Balaban J connectivity index is 1.62. The number of ether oxygens (including phenoxy) is 1. The molecule has 2 aromatic carbocycles. The molecule has 1 saturated heterocycles. The Bertz CT molecular complexity index is 819. The first-order valence-electron chi connectivity index (χ1n) is 7.65. The summed E-state index contributed by atoms with van der Waals surface area (Å²) >= 11 is 1.34. The lowest BCUT2D eigenvalue weighted by molar-refractivity contribution is -0.118. The van der Waals surface area contributed by atoms with Crippen molar-refractivity contribution < 1.29 is 14.6 Å². The topological polar surface area (TPSA) is 83.3 Å². The fourth-order valence-electron chi connectivity index (χ4n) is 2.30. The number of methoxy groups -OCH3 is 1. The standard InChI is InChI=1S/C18H17N3O3S/c1-24-14-8-6-12(7-9-14)10-16-17(23)20-18(25-16)21-19-11-13-4-2-3-5-15(13)22/h2-9,11,16,22H,10H2,1H3,(H,20,21,23)/b19-11-/t16-/m0/s1. The highest BCUT2D eigenvalue weighted by atomic mass is 32.2. The average molecular weight is 355 g/mol. The zero-order chi connectivity index (χ0) is 17.6. The van der Waals surface area contributed by atoms with E-state index in [1.165, 1.54) is 18.0 Å². The first kappa shape index (κ1) is 17.0. The van der Waals surface area contributed by atoms with Crippen LogP contribution in [0.15, 0.2) is 58.7 Å². The van der Waals surface area contributed by atoms with Gasteiger partial charge in [0, 0.05) is 5.56 Å². The maximum absolute atomic E-state index is 12.1. The highest BCUT2D eigenvalue weighted by Gasteiger charge is 2.30. The van der Waals surface area contributed by atoms with Crippen LogP contribution in [0.3, 0.4) is 0 Å². The van der Waals surface area contributed by atoms with Gasteiger partial charge in [0.05, 0.1) is 18.6 Å². The first-order chi connectivity index (χ1) is 12.2. The summed E-state index contributed by atoms with van der Waals surface area (Å²) in [5, 5.41) is 20.5. The number of hydrogen-bond acceptors (Lipinski definition) is 6. The summed E-state index contributed by atoms with van der Waals surface area (Å²) in [6.07, 6.45) is 2.05. The second-order valence-electron chi connectivity index (χ2n) is 5.36. The van der Waals surface area contributed by atoms with E-state index in [0.29, 0.717) is 17.2 Å². The number of phenolic OH excluding ortho intramolecular Hbond substituents is 1. The molecule has 0 spiro atoms. The fraction of sp³-hybridized carbons (Fsp3) is 0.167. The average Bonchev–Trinajstić information content (AvgIpc) is 2.97. The Morgan fingerprint density at radius 1 is 1.24 bits per heavy atom. The number of amidine groups is 1. The predicted octanol–water partition coefficient (Wildman–Crippen LogP) is 2.57. The molecule has 0 aromatic heterocycles. The van der Waals surface area contributed by atoms with Crippen molar-refractivity contribution in [2.45, 2.75) is 11.7 Å². The van der Waals surface area contributed by atoms with E-state index in [0.717, 1.165) is 11.3 Å². The number of thioether (sulfide) groups is 1.